The Labute approximate surface area is 175 Å². The predicted molar refractivity (Wildman–Crippen MR) is 119 cm³/mol. The second kappa shape index (κ2) is 9.53. The fourth-order valence-corrected chi connectivity index (χ4v) is 4.60. The van der Waals surface area contributed by atoms with Crippen molar-refractivity contribution in [2.75, 3.05) is 26.2 Å². The van der Waals surface area contributed by atoms with Crippen LogP contribution in [0.4, 0.5) is 0 Å². The number of pyridine rings is 1. The van der Waals surface area contributed by atoms with Crippen LogP contribution in [0.5, 0.6) is 0 Å². The van der Waals surface area contributed by atoms with E-state index in [1.54, 1.807) is 6.92 Å². The molecule has 0 aliphatic carbocycles. The molecule has 0 N–H and O–H groups in total. The third kappa shape index (κ3) is 5.66. The van der Waals surface area contributed by atoms with E-state index in [9.17, 15) is 4.79 Å². The molecule has 0 bridgehead atoms. The molecule has 1 amide bonds. The molecular formula is C25H35N3O. The van der Waals surface area contributed by atoms with Crippen LogP contribution in [-0.2, 0) is 11.3 Å². The Balaban J connectivity index is 1.82. The molecule has 0 radical (unpaired) electrons. The van der Waals surface area contributed by atoms with E-state index in [4.69, 9.17) is 4.98 Å². The van der Waals surface area contributed by atoms with E-state index in [-0.39, 0.29) is 5.91 Å². The molecule has 156 valence electrons. The highest BCUT2D eigenvalue weighted by Crippen LogP contribution is 2.35. The van der Waals surface area contributed by atoms with Gasteiger partial charge in [-0.1, -0.05) is 44.2 Å². The molecule has 2 heterocycles. The lowest BCUT2D eigenvalue weighted by molar-refractivity contribution is -0.130. The zero-order valence-corrected chi connectivity index (χ0v) is 18.6. The van der Waals surface area contributed by atoms with Crippen LogP contribution in [0.1, 0.15) is 49.2 Å². The van der Waals surface area contributed by atoms with Crippen molar-refractivity contribution in [3.05, 3.63) is 65.0 Å². The van der Waals surface area contributed by atoms with Gasteiger partial charge in [0.05, 0.1) is 5.69 Å². The van der Waals surface area contributed by atoms with E-state index in [1.807, 2.05) is 13.0 Å². The number of rotatable bonds is 7. The van der Waals surface area contributed by atoms with Crippen molar-refractivity contribution in [1.82, 2.24) is 14.8 Å². The second-order valence-electron chi connectivity index (χ2n) is 9.01. The summed E-state index contributed by atoms with van der Waals surface area (Å²) in [5, 5.41) is 0. The molecule has 0 spiro atoms. The number of likely N-dealkylation sites (tertiary alicyclic amines) is 1. The van der Waals surface area contributed by atoms with Crippen LogP contribution in [0.3, 0.4) is 0 Å². The Morgan fingerprint density at radius 2 is 1.90 bits per heavy atom. The van der Waals surface area contributed by atoms with E-state index in [1.165, 1.54) is 11.1 Å². The van der Waals surface area contributed by atoms with Crippen LogP contribution >= 0.6 is 0 Å². The largest absolute Gasteiger partial charge is 0.342 e. The molecule has 1 aromatic carbocycles. The lowest BCUT2D eigenvalue weighted by Crippen LogP contribution is -2.38. The van der Waals surface area contributed by atoms with Crippen molar-refractivity contribution in [3.8, 4) is 0 Å². The van der Waals surface area contributed by atoms with Gasteiger partial charge < -0.3 is 4.90 Å². The maximum absolute atomic E-state index is 12.3. The normalized spacial score (nSPS) is 19.7. The first-order valence-electron chi connectivity index (χ1n) is 10.8. The molecule has 0 saturated carbocycles. The number of hydrogen-bond acceptors (Lipinski definition) is 3. The first-order chi connectivity index (χ1) is 13.8. The van der Waals surface area contributed by atoms with Gasteiger partial charge in [0.1, 0.15) is 0 Å². The van der Waals surface area contributed by atoms with Gasteiger partial charge in [0, 0.05) is 51.3 Å². The van der Waals surface area contributed by atoms with E-state index >= 15 is 0 Å². The average Bonchev–Trinajstić information content (AvgIpc) is 3.03. The van der Waals surface area contributed by atoms with Gasteiger partial charge in [0.2, 0.25) is 5.91 Å². The molecule has 4 heteroatoms. The molecule has 1 fully saturated rings. The van der Waals surface area contributed by atoms with Gasteiger partial charge in [-0.05, 0) is 48.9 Å². The number of nitrogens with zero attached hydrogens (tertiary/aromatic N) is 3. The highest BCUT2D eigenvalue weighted by atomic mass is 16.2. The summed E-state index contributed by atoms with van der Waals surface area (Å²) in [5.74, 6) is 1.53. The smallest absolute Gasteiger partial charge is 0.219 e. The van der Waals surface area contributed by atoms with Crippen LogP contribution in [0.2, 0.25) is 0 Å². The molecule has 2 unspecified atom stereocenters. The standard InChI is InChI=1S/C25H35N3O/c1-18(2)13-28(21(5)29)15-22-14-27(16-23-11-8-10-20(4)26-23)17-25(22)24-12-7-6-9-19(24)3/h6-12,18,22,25H,13-17H2,1-5H3. The topological polar surface area (TPSA) is 36.4 Å². The molecular weight excluding hydrogens is 358 g/mol. The van der Waals surface area contributed by atoms with Crippen LogP contribution in [0.25, 0.3) is 0 Å². The monoisotopic (exact) mass is 393 g/mol. The zero-order chi connectivity index (χ0) is 21.0. The maximum Gasteiger partial charge on any atom is 0.219 e. The van der Waals surface area contributed by atoms with Gasteiger partial charge in [-0.3, -0.25) is 14.7 Å². The number of aromatic nitrogens is 1. The van der Waals surface area contributed by atoms with E-state index in [2.05, 4.69) is 67.0 Å². The fraction of sp³-hybridized carbons (Fsp3) is 0.520. The molecule has 29 heavy (non-hydrogen) atoms. The number of carbonyl (C=O) groups is 1. The van der Waals surface area contributed by atoms with Crippen LogP contribution < -0.4 is 0 Å². The molecule has 1 aliphatic rings. The summed E-state index contributed by atoms with van der Waals surface area (Å²) in [6, 6.07) is 15.0. The second-order valence-corrected chi connectivity index (χ2v) is 9.01. The highest BCUT2D eigenvalue weighted by molar-refractivity contribution is 5.73. The summed E-state index contributed by atoms with van der Waals surface area (Å²) in [7, 11) is 0. The minimum absolute atomic E-state index is 0.182. The van der Waals surface area contributed by atoms with Crippen molar-refractivity contribution in [2.24, 2.45) is 11.8 Å². The molecule has 1 aliphatic heterocycles. The molecule has 2 aromatic rings. The number of carbonyl (C=O) groups excluding carboxylic acids is 1. The first kappa shape index (κ1) is 21.5. The third-order valence-corrected chi connectivity index (χ3v) is 5.92. The fourth-order valence-electron chi connectivity index (χ4n) is 4.60. The molecule has 2 atom stereocenters. The Hall–Kier alpha value is -2.20. The molecule has 1 saturated heterocycles. The molecule has 1 aromatic heterocycles. The van der Waals surface area contributed by atoms with Gasteiger partial charge in [-0.25, -0.2) is 0 Å². The molecule has 4 nitrogen and oxygen atoms in total. The average molecular weight is 394 g/mol. The van der Waals surface area contributed by atoms with Gasteiger partial charge in [0.25, 0.3) is 0 Å². The van der Waals surface area contributed by atoms with Crippen molar-refractivity contribution in [3.63, 3.8) is 0 Å². The number of hydrogen-bond donors (Lipinski definition) is 0. The first-order valence-corrected chi connectivity index (χ1v) is 10.8. The minimum Gasteiger partial charge on any atom is -0.342 e. The summed E-state index contributed by atoms with van der Waals surface area (Å²) in [6.07, 6.45) is 0. The third-order valence-electron chi connectivity index (χ3n) is 5.92. The molecule has 3 rings (SSSR count). The number of amides is 1. The van der Waals surface area contributed by atoms with E-state index in [0.717, 1.165) is 44.1 Å². The highest BCUT2D eigenvalue weighted by Gasteiger charge is 2.36. The maximum atomic E-state index is 12.3. The van der Waals surface area contributed by atoms with Crippen LogP contribution in [-0.4, -0.2) is 46.9 Å². The van der Waals surface area contributed by atoms with Crippen molar-refractivity contribution in [2.45, 2.75) is 47.1 Å². The summed E-state index contributed by atoms with van der Waals surface area (Å²) in [4.78, 5) is 21.6. The van der Waals surface area contributed by atoms with Gasteiger partial charge >= 0.3 is 0 Å². The van der Waals surface area contributed by atoms with E-state index in [0.29, 0.717) is 17.8 Å². The predicted octanol–water partition coefficient (Wildman–Crippen LogP) is 4.42. The van der Waals surface area contributed by atoms with Crippen molar-refractivity contribution in [1.29, 1.82) is 0 Å². The summed E-state index contributed by atoms with van der Waals surface area (Å²) in [6.45, 7) is 14.8. The summed E-state index contributed by atoms with van der Waals surface area (Å²) >= 11 is 0. The van der Waals surface area contributed by atoms with E-state index < -0.39 is 0 Å². The lowest BCUT2D eigenvalue weighted by atomic mass is 9.86. The van der Waals surface area contributed by atoms with Gasteiger partial charge in [-0.2, -0.15) is 0 Å². The number of aryl methyl sites for hydroxylation is 2. The SMILES string of the molecule is CC(=O)N(CC(C)C)CC1CN(Cc2cccc(C)n2)CC1c1ccccc1C. The van der Waals surface area contributed by atoms with Crippen molar-refractivity contribution < 1.29 is 4.79 Å². The summed E-state index contributed by atoms with van der Waals surface area (Å²) in [5.41, 5.74) is 4.95. The van der Waals surface area contributed by atoms with Crippen LogP contribution in [0, 0.1) is 25.7 Å². The minimum atomic E-state index is 0.182. The zero-order valence-electron chi connectivity index (χ0n) is 18.6. The quantitative estimate of drug-likeness (QED) is 0.699. The van der Waals surface area contributed by atoms with Gasteiger partial charge in [0.15, 0.2) is 0 Å². The van der Waals surface area contributed by atoms with Gasteiger partial charge in [-0.15, -0.1) is 0 Å². The Bertz CT molecular complexity index is 832. The lowest BCUT2D eigenvalue weighted by Gasteiger charge is -2.29. The number of benzene rings is 1. The Morgan fingerprint density at radius 1 is 1.14 bits per heavy atom. The summed E-state index contributed by atoms with van der Waals surface area (Å²) < 4.78 is 0. The van der Waals surface area contributed by atoms with Crippen molar-refractivity contribution >= 4 is 5.91 Å². The Kier molecular flexibility index (Phi) is 7.07. The van der Waals surface area contributed by atoms with Crippen LogP contribution in [0.15, 0.2) is 42.5 Å². The Morgan fingerprint density at radius 3 is 2.55 bits per heavy atom.